The van der Waals surface area contributed by atoms with Gasteiger partial charge in [-0.1, -0.05) is 19.3 Å². The Labute approximate surface area is 117 Å². The molecule has 2 atom stereocenters. The third-order valence-electron chi connectivity index (χ3n) is 3.71. The molecule has 20 heavy (non-hydrogen) atoms. The van der Waals surface area contributed by atoms with E-state index in [9.17, 15) is 14.7 Å². The van der Waals surface area contributed by atoms with E-state index in [1.807, 2.05) is 0 Å². The molecule has 1 fully saturated rings. The fourth-order valence-corrected chi connectivity index (χ4v) is 2.62. The van der Waals surface area contributed by atoms with Crippen LogP contribution in [0.5, 0.6) is 0 Å². The molecule has 1 aromatic heterocycles. The van der Waals surface area contributed by atoms with Gasteiger partial charge in [-0.3, -0.25) is 14.3 Å². The molecule has 0 aromatic carbocycles. The summed E-state index contributed by atoms with van der Waals surface area (Å²) in [7, 11) is 0. The van der Waals surface area contributed by atoms with Crippen LogP contribution in [0.2, 0.25) is 0 Å². The van der Waals surface area contributed by atoms with Gasteiger partial charge in [0, 0.05) is 12.5 Å². The van der Waals surface area contributed by atoms with Crippen molar-refractivity contribution in [3.05, 3.63) is 12.7 Å². The van der Waals surface area contributed by atoms with Crippen molar-refractivity contribution in [3.8, 4) is 0 Å². The first-order valence-electron chi connectivity index (χ1n) is 7.01. The van der Waals surface area contributed by atoms with Crippen molar-refractivity contribution in [1.29, 1.82) is 0 Å². The number of rotatable bonds is 5. The first kappa shape index (κ1) is 14.5. The Morgan fingerprint density at radius 1 is 1.30 bits per heavy atom. The number of hydrogen-bond donors (Lipinski definition) is 2. The zero-order valence-corrected chi connectivity index (χ0v) is 11.4. The first-order valence-corrected chi connectivity index (χ1v) is 7.01. The van der Waals surface area contributed by atoms with Gasteiger partial charge < -0.3 is 10.4 Å². The summed E-state index contributed by atoms with van der Waals surface area (Å²) in [4.78, 5) is 27.0. The lowest BCUT2D eigenvalue weighted by Gasteiger charge is -2.22. The average molecular weight is 280 g/mol. The standard InChI is InChI=1S/C13H20N4O3/c18-12(6-7-17-9-14-8-15-17)16-11-5-3-1-2-4-10(11)13(19)20/h8-11H,1-7H2,(H,16,18)(H,19,20)/t10-,11+/m1/s1. The Morgan fingerprint density at radius 2 is 2.10 bits per heavy atom. The van der Waals surface area contributed by atoms with Gasteiger partial charge in [0.25, 0.3) is 0 Å². The highest BCUT2D eigenvalue weighted by molar-refractivity contribution is 5.78. The fourth-order valence-electron chi connectivity index (χ4n) is 2.62. The average Bonchev–Trinajstić information content (AvgIpc) is 2.82. The highest BCUT2D eigenvalue weighted by atomic mass is 16.4. The molecule has 2 N–H and O–H groups in total. The van der Waals surface area contributed by atoms with Crippen molar-refractivity contribution in [2.24, 2.45) is 5.92 Å². The van der Waals surface area contributed by atoms with E-state index in [0.29, 0.717) is 13.0 Å². The quantitative estimate of drug-likeness (QED) is 0.778. The van der Waals surface area contributed by atoms with Crippen molar-refractivity contribution in [2.75, 3.05) is 0 Å². The molecule has 1 amide bonds. The van der Waals surface area contributed by atoms with Gasteiger partial charge in [0.05, 0.1) is 12.5 Å². The van der Waals surface area contributed by atoms with Crippen LogP contribution in [0.15, 0.2) is 12.7 Å². The molecule has 0 bridgehead atoms. The Balaban J connectivity index is 1.85. The van der Waals surface area contributed by atoms with Crippen molar-refractivity contribution < 1.29 is 14.7 Å². The summed E-state index contributed by atoms with van der Waals surface area (Å²) in [5.41, 5.74) is 0. The number of carbonyl (C=O) groups excluding carboxylic acids is 1. The van der Waals surface area contributed by atoms with Gasteiger partial charge in [0.1, 0.15) is 12.7 Å². The molecule has 0 aliphatic heterocycles. The molecular formula is C13H20N4O3. The van der Waals surface area contributed by atoms with Crippen LogP contribution in [0.25, 0.3) is 0 Å². The van der Waals surface area contributed by atoms with Gasteiger partial charge >= 0.3 is 5.97 Å². The second kappa shape index (κ2) is 7.02. The van der Waals surface area contributed by atoms with E-state index in [0.717, 1.165) is 25.7 Å². The van der Waals surface area contributed by atoms with Crippen LogP contribution >= 0.6 is 0 Å². The third-order valence-corrected chi connectivity index (χ3v) is 3.71. The minimum Gasteiger partial charge on any atom is -0.481 e. The number of carbonyl (C=O) groups is 2. The predicted octanol–water partition coefficient (Wildman–Crippen LogP) is 0.818. The second-order valence-corrected chi connectivity index (χ2v) is 5.17. The molecule has 110 valence electrons. The number of aryl methyl sites for hydroxylation is 1. The number of carboxylic acids is 1. The van der Waals surface area contributed by atoms with E-state index < -0.39 is 11.9 Å². The molecule has 0 radical (unpaired) electrons. The van der Waals surface area contributed by atoms with Crippen molar-refractivity contribution in [3.63, 3.8) is 0 Å². The summed E-state index contributed by atoms with van der Waals surface area (Å²) < 4.78 is 1.58. The molecule has 1 saturated carbocycles. The van der Waals surface area contributed by atoms with Crippen molar-refractivity contribution >= 4 is 11.9 Å². The number of aromatic nitrogens is 3. The van der Waals surface area contributed by atoms with E-state index >= 15 is 0 Å². The number of amides is 1. The maximum absolute atomic E-state index is 11.9. The fraction of sp³-hybridized carbons (Fsp3) is 0.692. The highest BCUT2D eigenvalue weighted by Crippen LogP contribution is 2.23. The summed E-state index contributed by atoms with van der Waals surface area (Å²) in [5.74, 6) is -1.40. The maximum Gasteiger partial charge on any atom is 0.308 e. The summed E-state index contributed by atoms with van der Waals surface area (Å²) in [6, 6.07) is -0.252. The lowest BCUT2D eigenvalue weighted by molar-refractivity contribution is -0.143. The van der Waals surface area contributed by atoms with Gasteiger partial charge in [0.2, 0.25) is 5.91 Å². The molecule has 1 aliphatic rings. The number of aliphatic carboxylic acids is 1. The number of nitrogens with one attached hydrogen (secondary N) is 1. The Hall–Kier alpha value is -1.92. The molecule has 1 heterocycles. The molecule has 1 aliphatic carbocycles. The Kier molecular flexibility index (Phi) is 5.09. The minimum atomic E-state index is -0.812. The van der Waals surface area contributed by atoms with Gasteiger partial charge in [-0.2, -0.15) is 5.10 Å². The summed E-state index contributed by atoms with van der Waals surface area (Å²) in [6.07, 6.45) is 7.57. The molecule has 0 unspecified atom stereocenters. The molecule has 7 nitrogen and oxygen atoms in total. The smallest absolute Gasteiger partial charge is 0.308 e. The topological polar surface area (TPSA) is 97.1 Å². The highest BCUT2D eigenvalue weighted by Gasteiger charge is 2.30. The van der Waals surface area contributed by atoms with Gasteiger partial charge in [0.15, 0.2) is 0 Å². The van der Waals surface area contributed by atoms with E-state index in [2.05, 4.69) is 15.4 Å². The first-order chi connectivity index (χ1) is 9.66. The molecule has 2 rings (SSSR count). The third kappa shape index (κ3) is 4.04. The zero-order valence-electron chi connectivity index (χ0n) is 11.4. The summed E-state index contributed by atoms with van der Waals surface area (Å²) in [5, 5.41) is 16.0. The van der Waals surface area contributed by atoms with Gasteiger partial charge in [-0.15, -0.1) is 0 Å². The van der Waals surface area contributed by atoms with Crippen molar-refractivity contribution in [2.45, 2.75) is 51.1 Å². The van der Waals surface area contributed by atoms with E-state index in [1.54, 1.807) is 11.0 Å². The lowest BCUT2D eigenvalue weighted by Crippen LogP contribution is -2.43. The molecule has 1 aromatic rings. The Morgan fingerprint density at radius 3 is 2.80 bits per heavy atom. The second-order valence-electron chi connectivity index (χ2n) is 5.17. The van der Waals surface area contributed by atoms with Crippen LogP contribution in [0, 0.1) is 5.92 Å². The zero-order chi connectivity index (χ0) is 14.4. The van der Waals surface area contributed by atoms with Crippen LogP contribution in [-0.4, -0.2) is 37.8 Å². The van der Waals surface area contributed by atoms with Crippen molar-refractivity contribution in [1.82, 2.24) is 20.1 Å². The number of hydrogen-bond acceptors (Lipinski definition) is 4. The molecule has 7 heteroatoms. The molecular weight excluding hydrogens is 260 g/mol. The van der Waals surface area contributed by atoms with Crippen LogP contribution < -0.4 is 5.32 Å². The predicted molar refractivity (Wildman–Crippen MR) is 70.8 cm³/mol. The Bertz CT molecular complexity index is 446. The molecule has 0 saturated heterocycles. The lowest BCUT2D eigenvalue weighted by atomic mass is 9.95. The van der Waals surface area contributed by atoms with Gasteiger partial charge in [-0.25, -0.2) is 4.98 Å². The van der Waals surface area contributed by atoms with Gasteiger partial charge in [-0.05, 0) is 12.8 Å². The van der Waals surface area contributed by atoms with E-state index in [4.69, 9.17) is 0 Å². The van der Waals surface area contributed by atoms with E-state index in [-0.39, 0.29) is 18.4 Å². The number of nitrogens with zero attached hydrogens (tertiary/aromatic N) is 3. The normalized spacial score (nSPS) is 23.0. The summed E-state index contributed by atoms with van der Waals surface area (Å²) >= 11 is 0. The van der Waals surface area contributed by atoms with Crippen LogP contribution in [0.1, 0.15) is 38.5 Å². The number of carboxylic acid groups (broad SMARTS) is 1. The monoisotopic (exact) mass is 280 g/mol. The molecule has 0 spiro atoms. The van der Waals surface area contributed by atoms with Crippen LogP contribution in [0.3, 0.4) is 0 Å². The maximum atomic E-state index is 11.9. The van der Waals surface area contributed by atoms with Crippen LogP contribution in [0.4, 0.5) is 0 Å². The van der Waals surface area contributed by atoms with Crippen LogP contribution in [-0.2, 0) is 16.1 Å². The van der Waals surface area contributed by atoms with E-state index in [1.165, 1.54) is 6.33 Å². The SMILES string of the molecule is O=C(CCn1cncn1)N[C@H]1CCCCC[C@H]1C(=O)O. The largest absolute Gasteiger partial charge is 0.481 e. The minimum absolute atomic E-state index is 0.126. The summed E-state index contributed by atoms with van der Waals surface area (Å²) in [6.45, 7) is 0.455.